The second-order valence-electron chi connectivity index (χ2n) is 5.40. The first-order chi connectivity index (χ1) is 9.72. The summed E-state index contributed by atoms with van der Waals surface area (Å²) < 4.78 is 5.35. The van der Waals surface area contributed by atoms with Gasteiger partial charge in [-0.3, -0.25) is 0 Å². The zero-order valence-corrected chi connectivity index (χ0v) is 13.1. The zero-order valence-electron chi connectivity index (χ0n) is 12.3. The van der Waals surface area contributed by atoms with Gasteiger partial charge in [0.2, 0.25) is 0 Å². The molecule has 2 aromatic rings. The molecule has 1 aliphatic rings. The van der Waals surface area contributed by atoms with E-state index in [9.17, 15) is 0 Å². The quantitative estimate of drug-likeness (QED) is 0.922. The average Bonchev–Trinajstić information content (AvgIpc) is 3.01. The van der Waals surface area contributed by atoms with Crippen molar-refractivity contribution in [1.82, 2.24) is 5.32 Å². The van der Waals surface area contributed by atoms with Crippen molar-refractivity contribution in [1.29, 1.82) is 0 Å². The largest absolute Gasteiger partial charge is 0.496 e. The molecule has 0 aliphatic heterocycles. The topological polar surface area (TPSA) is 21.3 Å². The number of methoxy groups -OCH3 is 1. The van der Waals surface area contributed by atoms with E-state index >= 15 is 0 Å². The summed E-state index contributed by atoms with van der Waals surface area (Å²) in [5.41, 5.74) is 4.07. The Hall–Kier alpha value is -1.32. The first-order valence-corrected chi connectivity index (χ1v) is 7.98. The molecule has 106 valence electrons. The van der Waals surface area contributed by atoms with Crippen LogP contribution in [0.2, 0.25) is 0 Å². The predicted octanol–water partition coefficient (Wildman–Crippen LogP) is 3.86. The summed E-state index contributed by atoms with van der Waals surface area (Å²) in [4.78, 5) is 3.02. The number of hydrogen-bond donors (Lipinski definition) is 1. The third kappa shape index (κ3) is 2.36. The van der Waals surface area contributed by atoms with Crippen LogP contribution in [-0.2, 0) is 12.8 Å². The maximum absolute atomic E-state index is 5.35. The predicted molar refractivity (Wildman–Crippen MR) is 85.0 cm³/mol. The zero-order chi connectivity index (χ0) is 14.1. The smallest absolute Gasteiger partial charge is 0.121 e. The number of aryl methyl sites for hydroxylation is 3. The molecule has 3 rings (SSSR count). The van der Waals surface area contributed by atoms with Gasteiger partial charge in [-0.15, -0.1) is 11.3 Å². The number of hydrogen-bond acceptors (Lipinski definition) is 3. The Balaban J connectivity index is 1.94. The van der Waals surface area contributed by atoms with E-state index in [1.54, 1.807) is 17.6 Å². The van der Waals surface area contributed by atoms with Crippen molar-refractivity contribution in [2.45, 2.75) is 32.2 Å². The van der Waals surface area contributed by atoms with Crippen LogP contribution in [0.15, 0.2) is 24.3 Å². The van der Waals surface area contributed by atoms with Crippen LogP contribution in [0.4, 0.5) is 0 Å². The highest BCUT2D eigenvalue weighted by atomic mass is 32.1. The summed E-state index contributed by atoms with van der Waals surface area (Å²) in [6.45, 7) is 2.10. The second kappa shape index (κ2) is 5.58. The molecule has 1 atom stereocenters. The van der Waals surface area contributed by atoms with Gasteiger partial charge in [0.25, 0.3) is 0 Å². The van der Waals surface area contributed by atoms with E-state index in [1.807, 2.05) is 18.4 Å². The van der Waals surface area contributed by atoms with Gasteiger partial charge in [-0.2, -0.15) is 0 Å². The molecule has 0 spiro atoms. The van der Waals surface area contributed by atoms with Crippen molar-refractivity contribution in [3.8, 4) is 5.75 Å². The molecule has 0 saturated heterocycles. The van der Waals surface area contributed by atoms with Crippen LogP contribution < -0.4 is 10.1 Å². The summed E-state index contributed by atoms with van der Waals surface area (Å²) in [7, 11) is 3.76. The third-order valence-electron chi connectivity index (χ3n) is 4.09. The minimum absolute atomic E-state index is 0.287. The first-order valence-electron chi connectivity index (χ1n) is 7.16. The van der Waals surface area contributed by atoms with E-state index < -0.39 is 0 Å². The van der Waals surface area contributed by atoms with E-state index in [0.717, 1.165) is 5.75 Å². The van der Waals surface area contributed by atoms with Crippen molar-refractivity contribution in [3.05, 3.63) is 50.7 Å². The van der Waals surface area contributed by atoms with E-state index in [0.29, 0.717) is 0 Å². The lowest BCUT2D eigenvalue weighted by atomic mass is 10.0. The number of ether oxygens (including phenoxy) is 1. The number of benzene rings is 1. The fourth-order valence-electron chi connectivity index (χ4n) is 3.05. The van der Waals surface area contributed by atoms with Gasteiger partial charge in [0.05, 0.1) is 13.2 Å². The molecule has 1 aromatic heterocycles. The van der Waals surface area contributed by atoms with Crippen LogP contribution in [0, 0.1) is 6.92 Å². The standard InChI is InChI=1S/C17H21NOS/c1-11-9-13(7-8-14(11)19-3)17(18-2)16-10-12-5-4-6-15(12)20-16/h7-10,17-18H,4-6H2,1-3H3. The number of thiophene rings is 1. The van der Waals surface area contributed by atoms with E-state index in [2.05, 4.69) is 36.5 Å². The lowest BCUT2D eigenvalue weighted by Crippen LogP contribution is -2.16. The Kier molecular flexibility index (Phi) is 3.81. The molecule has 2 nitrogen and oxygen atoms in total. The Morgan fingerprint density at radius 3 is 2.75 bits per heavy atom. The molecule has 0 radical (unpaired) electrons. The molecule has 0 bridgehead atoms. The Bertz CT molecular complexity index is 596. The molecule has 1 N–H and O–H groups in total. The van der Waals surface area contributed by atoms with E-state index in [1.165, 1.54) is 35.3 Å². The van der Waals surface area contributed by atoms with Gasteiger partial charge in [0, 0.05) is 9.75 Å². The molecule has 1 unspecified atom stereocenters. The highest BCUT2D eigenvalue weighted by Gasteiger charge is 2.20. The van der Waals surface area contributed by atoms with Crippen molar-refractivity contribution >= 4 is 11.3 Å². The number of nitrogens with one attached hydrogen (secondary N) is 1. The average molecular weight is 287 g/mol. The van der Waals surface area contributed by atoms with Gasteiger partial charge in [-0.1, -0.05) is 12.1 Å². The first kappa shape index (κ1) is 13.7. The van der Waals surface area contributed by atoms with Gasteiger partial charge in [0.1, 0.15) is 5.75 Å². The van der Waals surface area contributed by atoms with Crippen LogP contribution in [0.1, 0.15) is 38.9 Å². The Morgan fingerprint density at radius 2 is 2.10 bits per heavy atom. The van der Waals surface area contributed by atoms with E-state index in [-0.39, 0.29) is 6.04 Å². The van der Waals surface area contributed by atoms with Crippen LogP contribution in [-0.4, -0.2) is 14.2 Å². The van der Waals surface area contributed by atoms with Gasteiger partial charge < -0.3 is 10.1 Å². The van der Waals surface area contributed by atoms with Crippen molar-refractivity contribution in [3.63, 3.8) is 0 Å². The molecule has 1 heterocycles. The van der Waals surface area contributed by atoms with Crippen LogP contribution in [0.5, 0.6) is 5.75 Å². The SMILES string of the molecule is CNC(c1ccc(OC)c(C)c1)c1cc2c(s1)CCC2. The lowest BCUT2D eigenvalue weighted by molar-refractivity contribution is 0.411. The second-order valence-corrected chi connectivity index (χ2v) is 6.57. The van der Waals surface area contributed by atoms with Crippen LogP contribution in [0.3, 0.4) is 0 Å². The number of fused-ring (bicyclic) bond motifs is 1. The molecule has 0 fully saturated rings. The monoisotopic (exact) mass is 287 g/mol. The minimum atomic E-state index is 0.287. The van der Waals surface area contributed by atoms with Crippen molar-refractivity contribution in [2.75, 3.05) is 14.2 Å². The lowest BCUT2D eigenvalue weighted by Gasteiger charge is -2.17. The van der Waals surface area contributed by atoms with Crippen LogP contribution >= 0.6 is 11.3 Å². The maximum atomic E-state index is 5.35. The molecule has 20 heavy (non-hydrogen) atoms. The number of rotatable bonds is 4. The third-order valence-corrected chi connectivity index (χ3v) is 5.39. The molecule has 0 amide bonds. The summed E-state index contributed by atoms with van der Waals surface area (Å²) in [5, 5.41) is 3.46. The van der Waals surface area contributed by atoms with Crippen LogP contribution in [0.25, 0.3) is 0 Å². The van der Waals surface area contributed by atoms with Gasteiger partial charge in [-0.25, -0.2) is 0 Å². The Labute approximate surface area is 124 Å². The van der Waals surface area contributed by atoms with Gasteiger partial charge in [0.15, 0.2) is 0 Å². The summed E-state index contributed by atoms with van der Waals surface area (Å²) in [6, 6.07) is 9.14. The maximum Gasteiger partial charge on any atom is 0.121 e. The summed E-state index contributed by atoms with van der Waals surface area (Å²) in [6.07, 6.45) is 3.84. The fourth-order valence-corrected chi connectivity index (χ4v) is 4.44. The minimum Gasteiger partial charge on any atom is -0.496 e. The van der Waals surface area contributed by atoms with E-state index in [4.69, 9.17) is 4.74 Å². The normalized spacial score (nSPS) is 15.2. The summed E-state index contributed by atoms with van der Waals surface area (Å²) >= 11 is 1.97. The molecular weight excluding hydrogens is 266 g/mol. The highest BCUT2D eigenvalue weighted by molar-refractivity contribution is 7.12. The highest BCUT2D eigenvalue weighted by Crippen LogP contribution is 2.36. The molecule has 1 aromatic carbocycles. The van der Waals surface area contributed by atoms with Gasteiger partial charge >= 0.3 is 0 Å². The fraction of sp³-hybridized carbons (Fsp3) is 0.412. The van der Waals surface area contributed by atoms with Crippen molar-refractivity contribution in [2.24, 2.45) is 0 Å². The Morgan fingerprint density at radius 1 is 1.25 bits per heavy atom. The molecule has 3 heteroatoms. The molecule has 1 aliphatic carbocycles. The van der Waals surface area contributed by atoms with Gasteiger partial charge in [-0.05, 0) is 62.1 Å². The van der Waals surface area contributed by atoms with Crippen molar-refractivity contribution < 1.29 is 4.74 Å². The summed E-state index contributed by atoms with van der Waals surface area (Å²) in [5.74, 6) is 0.956. The molecule has 0 saturated carbocycles. The molecular formula is C17H21NOS.